The number of ether oxygens (including phenoxy) is 2. The number of rotatable bonds is 5. The standard InChI is InChI=1S/C12H18N4O8/c1-5-23-9(17)13-7(3)11(13,15(19)20)12(16(21)22)8(4)14(12)10(18)24-6-2/h7-8H,5-6H2,1-4H3. The molecule has 0 aromatic carbocycles. The van der Waals surface area contributed by atoms with Gasteiger partial charge in [0, 0.05) is 0 Å². The number of nitrogens with zero attached hydrogens (tertiary/aromatic N) is 4. The first kappa shape index (κ1) is 17.7. The summed E-state index contributed by atoms with van der Waals surface area (Å²) in [6, 6.07) is -2.22. The zero-order valence-corrected chi connectivity index (χ0v) is 13.6. The fourth-order valence-corrected chi connectivity index (χ4v) is 3.52. The van der Waals surface area contributed by atoms with Crippen molar-refractivity contribution in [1.29, 1.82) is 0 Å². The second-order valence-corrected chi connectivity index (χ2v) is 5.46. The summed E-state index contributed by atoms with van der Waals surface area (Å²) in [5.74, 6) is 0. The Labute approximate surface area is 136 Å². The SMILES string of the molecule is CCOC(=O)N1C(C)C1([N+](=O)[O-])C1([N+](=O)[O-])C(C)N1C(=O)OCC. The average molecular weight is 346 g/mol. The van der Waals surface area contributed by atoms with Crippen molar-refractivity contribution in [3.05, 3.63) is 20.2 Å². The minimum absolute atomic E-state index is 0.0432. The van der Waals surface area contributed by atoms with Gasteiger partial charge >= 0.3 is 23.5 Å². The maximum atomic E-state index is 12.0. The van der Waals surface area contributed by atoms with Crippen LogP contribution >= 0.6 is 0 Å². The molecule has 2 aliphatic heterocycles. The van der Waals surface area contributed by atoms with Crippen molar-refractivity contribution >= 4 is 12.2 Å². The highest BCUT2D eigenvalue weighted by molar-refractivity contribution is 5.78. The Morgan fingerprint density at radius 3 is 1.42 bits per heavy atom. The first-order valence-electron chi connectivity index (χ1n) is 7.38. The van der Waals surface area contributed by atoms with Crippen LogP contribution in [-0.2, 0) is 9.47 Å². The van der Waals surface area contributed by atoms with Gasteiger partial charge in [-0.3, -0.25) is 20.2 Å². The van der Waals surface area contributed by atoms with Crippen LogP contribution in [0.5, 0.6) is 0 Å². The molecular formula is C12H18N4O8. The molecule has 2 fully saturated rings. The number of hydrogen-bond donors (Lipinski definition) is 0. The van der Waals surface area contributed by atoms with Crippen molar-refractivity contribution < 1.29 is 28.9 Å². The molecule has 0 bridgehead atoms. The fourth-order valence-electron chi connectivity index (χ4n) is 3.52. The van der Waals surface area contributed by atoms with E-state index in [1.807, 2.05) is 0 Å². The van der Waals surface area contributed by atoms with E-state index in [1.54, 1.807) is 0 Å². The number of nitro groups is 2. The van der Waals surface area contributed by atoms with E-state index < -0.39 is 45.4 Å². The van der Waals surface area contributed by atoms with E-state index in [-0.39, 0.29) is 13.2 Å². The monoisotopic (exact) mass is 346 g/mol. The molecular weight excluding hydrogens is 328 g/mol. The summed E-state index contributed by atoms with van der Waals surface area (Å²) in [6.07, 6.45) is -2.07. The molecule has 2 rings (SSSR count). The van der Waals surface area contributed by atoms with Crippen LogP contribution in [-0.4, -0.2) is 68.5 Å². The zero-order chi connectivity index (χ0) is 18.4. The molecule has 2 heterocycles. The van der Waals surface area contributed by atoms with Gasteiger partial charge in [0.25, 0.3) is 0 Å². The summed E-state index contributed by atoms with van der Waals surface area (Å²) in [5.41, 5.74) is -4.79. The summed E-state index contributed by atoms with van der Waals surface area (Å²) < 4.78 is 9.50. The maximum Gasteiger partial charge on any atom is 0.416 e. The smallest absolute Gasteiger partial charge is 0.416 e. The van der Waals surface area contributed by atoms with Gasteiger partial charge in [-0.2, -0.15) is 0 Å². The number of carbonyl (C=O) groups excluding carboxylic acids is 2. The van der Waals surface area contributed by atoms with E-state index in [2.05, 4.69) is 0 Å². The topological polar surface area (TPSA) is 145 Å². The second-order valence-electron chi connectivity index (χ2n) is 5.46. The third-order valence-electron chi connectivity index (χ3n) is 4.57. The molecule has 4 unspecified atom stereocenters. The predicted octanol–water partition coefficient (Wildman–Crippen LogP) is 0.654. The molecule has 0 aromatic rings. The van der Waals surface area contributed by atoms with Crippen molar-refractivity contribution in [2.45, 2.75) is 51.1 Å². The third kappa shape index (κ3) is 1.79. The first-order chi connectivity index (χ1) is 11.2. The summed E-state index contributed by atoms with van der Waals surface area (Å²) >= 11 is 0. The molecule has 4 atom stereocenters. The summed E-state index contributed by atoms with van der Waals surface area (Å²) in [5, 5.41) is 23.5. The molecule has 0 saturated carbocycles. The molecule has 12 heteroatoms. The van der Waals surface area contributed by atoms with Crippen molar-refractivity contribution in [3.63, 3.8) is 0 Å². The summed E-state index contributed by atoms with van der Waals surface area (Å²) in [7, 11) is 0. The van der Waals surface area contributed by atoms with Crippen LogP contribution in [0.2, 0.25) is 0 Å². The maximum absolute atomic E-state index is 12.0. The first-order valence-corrected chi connectivity index (χ1v) is 7.38. The largest absolute Gasteiger partial charge is 0.450 e. The fraction of sp³-hybridized carbons (Fsp3) is 0.833. The van der Waals surface area contributed by atoms with Crippen molar-refractivity contribution in [2.75, 3.05) is 13.2 Å². The predicted molar refractivity (Wildman–Crippen MR) is 76.1 cm³/mol. The Morgan fingerprint density at radius 2 is 1.21 bits per heavy atom. The van der Waals surface area contributed by atoms with E-state index in [0.29, 0.717) is 9.80 Å². The van der Waals surface area contributed by atoms with Crippen LogP contribution in [0.1, 0.15) is 27.7 Å². The number of hydrogen-bond acceptors (Lipinski definition) is 8. The Bertz CT molecular complexity index is 560. The molecule has 0 radical (unpaired) electrons. The lowest BCUT2D eigenvalue weighted by Gasteiger charge is -2.15. The highest BCUT2D eigenvalue weighted by Gasteiger charge is 3.03. The minimum Gasteiger partial charge on any atom is -0.450 e. The molecule has 134 valence electrons. The van der Waals surface area contributed by atoms with Crippen LogP contribution in [0.25, 0.3) is 0 Å². The third-order valence-corrected chi connectivity index (χ3v) is 4.57. The molecule has 2 aliphatic rings. The molecule has 2 saturated heterocycles. The van der Waals surface area contributed by atoms with Crippen molar-refractivity contribution in [2.24, 2.45) is 0 Å². The highest BCUT2D eigenvalue weighted by Crippen LogP contribution is 2.62. The molecule has 2 amide bonds. The lowest BCUT2D eigenvalue weighted by molar-refractivity contribution is -0.658. The Hall–Kier alpha value is -2.66. The normalized spacial score (nSPS) is 33.7. The molecule has 12 nitrogen and oxygen atoms in total. The van der Waals surface area contributed by atoms with Gasteiger partial charge < -0.3 is 9.47 Å². The molecule has 0 aromatic heterocycles. The highest BCUT2D eigenvalue weighted by atomic mass is 16.7. The van der Waals surface area contributed by atoms with Gasteiger partial charge in [0.05, 0.1) is 23.1 Å². The molecule has 0 N–H and O–H groups in total. The summed E-state index contributed by atoms with van der Waals surface area (Å²) in [4.78, 5) is 47.1. The van der Waals surface area contributed by atoms with Crippen LogP contribution in [0.15, 0.2) is 0 Å². The van der Waals surface area contributed by atoms with Gasteiger partial charge in [-0.25, -0.2) is 19.4 Å². The molecule has 0 spiro atoms. The van der Waals surface area contributed by atoms with Gasteiger partial charge in [-0.1, -0.05) is 0 Å². The molecule has 24 heavy (non-hydrogen) atoms. The lowest BCUT2D eigenvalue weighted by atomic mass is 10.0. The Morgan fingerprint density at radius 1 is 0.917 bits per heavy atom. The van der Waals surface area contributed by atoms with Crippen LogP contribution in [0.3, 0.4) is 0 Å². The van der Waals surface area contributed by atoms with E-state index >= 15 is 0 Å². The van der Waals surface area contributed by atoms with Gasteiger partial charge in [0.2, 0.25) is 0 Å². The van der Waals surface area contributed by atoms with E-state index in [0.717, 1.165) is 0 Å². The average Bonchev–Trinajstić information content (AvgIpc) is 3.30. The van der Waals surface area contributed by atoms with Crippen LogP contribution in [0.4, 0.5) is 9.59 Å². The van der Waals surface area contributed by atoms with Gasteiger partial charge in [0.15, 0.2) is 0 Å². The number of carbonyl (C=O) groups is 2. The van der Waals surface area contributed by atoms with Crippen molar-refractivity contribution in [1.82, 2.24) is 9.80 Å². The van der Waals surface area contributed by atoms with E-state index in [9.17, 15) is 29.8 Å². The van der Waals surface area contributed by atoms with Gasteiger partial charge in [-0.05, 0) is 27.7 Å². The Balaban J connectivity index is 2.50. The minimum atomic E-state index is -2.39. The van der Waals surface area contributed by atoms with Gasteiger partial charge in [0.1, 0.15) is 12.1 Å². The lowest BCUT2D eigenvalue weighted by Crippen LogP contribution is -2.55. The van der Waals surface area contributed by atoms with Crippen molar-refractivity contribution in [3.8, 4) is 0 Å². The molecule has 0 aliphatic carbocycles. The van der Waals surface area contributed by atoms with Gasteiger partial charge in [-0.15, -0.1) is 0 Å². The van der Waals surface area contributed by atoms with E-state index in [1.165, 1.54) is 27.7 Å². The zero-order valence-electron chi connectivity index (χ0n) is 13.6. The number of amides is 2. The second kappa shape index (κ2) is 5.46. The van der Waals surface area contributed by atoms with Crippen LogP contribution < -0.4 is 0 Å². The Kier molecular flexibility index (Phi) is 4.02. The summed E-state index contributed by atoms with van der Waals surface area (Å²) in [6.45, 7) is 5.54. The van der Waals surface area contributed by atoms with Crippen LogP contribution in [0, 0.1) is 20.2 Å². The van der Waals surface area contributed by atoms with E-state index in [4.69, 9.17) is 9.47 Å². The quantitative estimate of drug-likeness (QED) is 0.401.